The molecule has 2 aromatic rings. The maximum Gasteiger partial charge on any atom is 0.416 e. The molecule has 0 saturated carbocycles. The molecule has 2 aromatic carbocycles. The third kappa shape index (κ3) is 5.41. The molecule has 0 spiro atoms. The summed E-state index contributed by atoms with van der Waals surface area (Å²) in [6, 6.07) is 6.60. The lowest BCUT2D eigenvalue weighted by Crippen LogP contribution is -2.15. The van der Waals surface area contributed by atoms with E-state index in [0.29, 0.717) is 6.07 Å². The first-order valence-electron chi connectivity index (χ1n) is 7.62. The van der Waals surface area contributed by atoms with Gasteiger partial charge in [-0.3, -0.25) is 0 Å². The second kappa shape index (κ2) is 8.24. The molecule has 0 unspecified atom stereocenters. The Morgan fingerprint density at radius 1 is 0.852 bits per heavy atom. The van der Waals surface area contributed by atoms with Crippen LogP contribution in [0.4, 0.5) is 22.0 Å². The van der Waals surface area contributed by atoms with Crippen LogP contribution >= 0.6 is 11.8 Å². The molecule has 148 valence electrons. The lowest BCUT2D eigenvalue weighted by Gasteiger charge is -2.19. The molecule has 0 aliphatic carbocycles. The molecule has 27 heavy (non-hydrogen) atoms. The highest BCUT2D eigenvalue weighted by Crippen LogP contribution is 2.43. The van der Waals surface area contributed by atoms with Crippen molar-refractivity contribution in [1.82, 2.24) is 0 Å². The van der Waals surface area contributed by atoms with Crippen LogP contribution in [0, 0.1) is 0 Å². The summed E-state index contributed by atoms with van der Waals surface area (Å²) in [5, 5.41) is -3.35. The van der Waals surface area contributed by atoms with Crippen molar-refractivity contribution in [3.63, 3.8) is 0 Å². The Balaban J connectivity index is 2.26. The molecule has 0 aliphatic rings. The van der Waals surface area contributed by atoms with Crippen molar-refractivity contribution in [2.24, 2.45) is 0 Å². The summed E-state index contributed by atoms with van der Waals surface area (Å²) in [6.45, 7) is 0. The monoisotopic (exact) mass is 408 g/mol. The van der Waals surface area contributed by atoms with Gasteiger partial charge in [-0.1, -0.05) is 17.8 Å². The fourth-order valence-electron chi connectivity index (χ4n) is 2.42. The Hall–Kier alpha value is -2.16. The van der Waals surface area contributed by atoms with E-state index >= 15 is 0 Å². The van der Waals surface area contributed by atoms with E-state index in [4.69, 9.17) is 14.2 Å². The van der Waals surface area contributed by atoms with Crippen LogP contribution in [0.5, 0.6) is 17.2 Å². The molecule has 2 rings (SSSR count). The highest BCUT2D eigenvalue weighted by Gasteiger charge is 2.34. The number of thioether (sulfide) groups is 1. The first kappa shape index (κ1) is 21.1. The van der Waals surface area contributed by atoms with E-state index in [1.165, 1.54) is 39.5 Å². The highest BCUT2D eigenvalue weighted by atomic mass is 32.2. The van der Waals surface area contributed by atoms with Crippen LogP contribution in [-0.4, -0.2) is 26.6 Å². The Labute approximate surface area is 157 Å². The van der Waals surface area contributed by atoms with Crippen molar-refractivity contribution in [2.45, 2.75) is 22.7 Å². The predicted molar refractivity (Wildman–Crippen MR) is 92.1 cm³/mol. The summed E-state index contributed by atoms with van der Waals surface area (Å²) < 4.78 is 82.5. The maximum absolute atomic E-state index is 14.4. The van der Waals surface area contributed by atoms with Crippen molar-refractivity contribution in [1.29, 1.82) is 0 Å². The molecule has 0 saturated heterocycles. The van der Waals surface area contributed by atoms with E-state index in [-0.39, 0.29) is 39.5 Å². The quantitative estimate of drug-likeness (QED) is 0.437. The molecule has 9 heteroatoms. The summed E-state index contributed by atoms with van der Waals surface area (Å²) in [6.07, 6.45) is -5.33. The third-order valence-electron chi connectivity index (χ3n) is 3.56. The number of halogens is 5. The molecular weight excluding hydrogens is 391 g/mol. The number of hydrogen-bond donors (Lipinski definition) is 0. The summed E-state index contributed by atoms with van der Waals surface area (Å²) in [7, 11) is 4.10. The minimum atomic E-state index is -4.59. The summed E-state index contributed by atoms with van der Waals surface area (Å²) in [5.74, 6) is 0.691. The highest BCUT2D eigenvalue weighted by molar-refractivity contribution is 8.00. The maximum atomic E-state index is 14.4. The lowest BCUT2D eigenvalue weighted by atomic mass is 10.1. The fourth-order valence-corrected chi connectivity index (χ4v) is 3.34. The van der Waals surface area contributed by atoms with Gasteiger partial charge in [-0.2, -0.15) is 22.0 Å². The van der Waals surface area contributed by atoms with E-state index in [2.05, 4.69) is 0 Å². The zero-order chi connectivity index (χ0) is 20.2. The van der Waals surface area contributed by atoms with E-state index in [0.717, 1.165) is 12.1 Å². The molecule has 0 fully saturated rings. The second-order valence-corrected chi connectivity index (χ2v) is 6.75. The van der Waals surface area contributed by atoms with Crippen molar-refractivity contribution in [3.8, 4) is 17.2 Å². The van der Waals surface area contributed by atoms with Crippen molar-refractivity contribution in [2.75, 3.05) is 21.3 Å². The summed E-state index contributed by atoms with van der Waals surface area (Å²) in [4.78, 5) is -0.178. The molecule has 0 radical (unpaired) electrons. The van der Waals surface area contributed by atoms with Gasteiger partial charge >= 0.3 is 11.4 Å². The van der Waals surface area contributed by atoms with Gasteiger partial charge in [-0.05, 0) is 35.9 Å². The third-order valence-corrected chi connectivity index (χ3v) is 4.50. The zero-order valence-electron chi connectivity index (χ0n) is 14.7. The molecule has 0 heterocycles. The van der Waals surface area contributed by atoms with Gasteiger partial charge in [0.25, 0.3) is 0 Å². The average molecular weight is 408 g/mol. The average Bonchev–Trinajstić information content (AvgIpc) is 2.59. The standard InChI is InChI=1S/C18H17F5O3S/c1-24-14-7-11(8-15(25-2)16(14)26-3)10-17(19,20)27-13-6-4-5-12(9-13)18(21,22)23/h4-9H,10H2,1-3H3. The Bertz CT molecular complexity index is 768. The number of rotatable bonds is 7. The molecule has 3 nitrogen and oxygen atoms in total. The van der Waals surface area contributed by atoms with Crippen LogP contribution in [0.15, 0.2) is 41.3 Å². The predicted octanol–water partition coefficient (Wildman–Crippen LogP) is 5.66. The molecule has 0 aliphatic heterocycles. The number of methoxy groups -OCH3 is 3. The van der Waals surface area contributed by atoms with E-state index < -0.39 is 23.4 Å². The molecular formula is C18H17F5O3S. The van der Waals surface area contributed by atoms with E-state index in [1.807, 2.05) is 0 Å². The SMILES string of the molecule is COc1cc(CC(F)(F)Sc2cccc(C(F)(F)F)c2)cc(OC)c1OC. The lowest BCUT2D eigenvalue weighted by molar-refractivity contribution is -0.137. The summed E-state index contributed by atoms with van der Waals surface area (Å²) in [5.41, 5.74) is -0.787. The first-order chi connectivity index (χ1) is 12.6. The first-order valence-corrected chi connectivity index (χ1v) is 8.44. The minimum Gasteiger partial charge on any atom is -0.493 e. The van der Waals surface area contributed by atoms with Crippen molar-refractivity contribution >= 4 is 11.8 Å². The number of benzene rings is 2. The Morgan fingerprint density at radius 2 is 1.44 bits per heavy atom. The summed E-state index contributed by atoms with van der Waals surface area (Å²) >= 11 is 0.0616. The Morgan fingerprint density at radius 3 is 1.93 bits per heavy atom. The molecule has 0 atom stereocenters. The number of ether oxygens (including phenoxy) is 3. The van der Waals surface area contributed by atoms with Gasteiger partial charge in [0.05, 0.1) is 26.9 Å². The largest absolute Gasteiger partial charge is 0.493 e. The van der Waals surface area contributed by atoms with Crippen LogP contribution in [0.25, 0.3) is 0 Å². The van der Waals surface area contributed by atoms with Crippen molar-refractivity contribution in [3.05, 3.63) is 47.5 Å². The zero-order valence-corrected chi connectivity index (χ0v) is 15.5. The van der Waals surface area contributed by atoms with Gasteiger partial charge in [0.1, 0.15) is 0 Å². The van der Waals surface area contributed by atoms with Gasteiger partial charge in [0, 0.05) is 11.3 Å². The second-order valence-electron chi connectivity index (χ2n) is 5.48. The molecule has 0 bridgehead atoms. The van der Waals surface area contributed by atoms with E-state index in [9.17, 15) is 22.0 Å². The number of alkyl halides is 5. The molecule has 0 amide bonds. The van der Waals surface area contributed by atoms with Gasteiger partial charge < -0.3 is 14.2 Å². The van der Waals surface area contributed by atoms with Crippen molar-refractivity contribution < 1.29 is 36.2 Å². The molecule has 0 aromatic heterocycles. The van der Waals surface area contributed by atoms with Gasteiger partial charge in [-0.25, -0.2) is 0 Å². The van der Waals surface area contributed by atoms with Gasteiger partial charge in [-0.15, -0.1) is 0 Å². The van der Waals surface area contributed by atoms with Crippen LogP contribution in [0.2, 0.25) is 0 Å². The van der Waals surface area contributed by atoms with Crippen LogP contribution in [-0.2, 0) is 12.6 Å². The topological polar surface area (TPSA) is 27.7 Å². The van der Waals surface area contributed by atoms with Crippen LogP contribution in [0.1, 0.15) is 11.1 Å². The normalized spacial score (nSPS) is 12.0. The van der Waals surface area contributed by atoms with Crippen LogP contribution in [0.3, 0.4) is 0 Å². The van der Waals surface area contributed by atoms with Gasteiger partial charge in [0.2, 0.25) is 5.75 Å². The number of hydrogen-bond acceptors (Lipinski definition) is 4. The van der Waals surface area contributed by atoms with Crippen LogP contribution < -0.4 is 14.2 Å². The fraction of sp³-hybridized carbons (Fsp3) is 0.333. The smallest absolute Gasteiger partial charge is 0.416 e. The van der Waals surface area contributed by atoms with E-state index in [1.54, 1.807) is 0 Å². The van der Waals surface area contributed by atoms with Gasteiger partial charge in [0.15, 0.2) is 11.5 Å². The molecule has 0 N–H and O–H groups in total. The Kier molecular flexibility index (Phi) is 6.46. The minimum absolute atomic E-state index is 0.0616.